The molecule has 5 nitrogen and oxygen atoms in total. The van der Waals surface area contributed by atoms with E-state index >= 15 is 0 Å². The molecule has 2 aromatic rings. The maximum atomic E-state index is 12.7. The highest BCUT2D eigenvalue weighted by molar-refractivity contribution is 9.10. The molecule has 0 N–H and O–H groups in total. The summed E-state index contributed by atoms with van der Waals surface area (Å²) in [6.45, 7) is 0.903. The van der Waals surface area contributed by atoms with Crippen LogP contribution >= 0.6 is 15.9 Å². The molecule has 3 amide bonds. The first-order valence-corrected chi connectivity index (χ1v) is 8.87. The predicted octanol–water partition coefficient (Wildman–Crippen LogP) is 2.96. The zero-order valence-corrected chi connectivity index (χ0v) is 14.9. The molecular weight excluding hydrogens is 384 g/mol. The second-order valence-electron chi connectivity index (χ2n) is 6.23. The third kappa shape index (κ3) is 2.66. The molecule has 25 heavy (non-hydrogen) atoms. The van der Waals surface area contributed by atoms with E-state index in [1.165, 1.54) is 4.90 Å². The third-order valence-corrected chi connectivity index (χ3v) is 5.21. The van der Waals surface area contributed by atoms with Gasteiger partial charge in [0, 0.05) is 23.1 Å². The standard InChI is InChI=1S/C19H15BrN2O3/c20-13-5-3-4-12(10-13)17(23)21-9-8-14(11-21)22-18(24)15-6-1-2-7-16(15)19(22)25/h1-7,10,14H,8-9,11H2. The Morgan fingerprint density at radius 2 is 1.68 bits per heavy atom. The van der Waals surface area contributed by atoms with E-state index in [0.29, 0.717) is 36.2 Å². The van der Waals surface area contributed by atoms with Crippen LogP contribution in [0.3, 0.4) is 0 Å². The molecule has 1 unspecified atom stereocenters. The highest BCUT2D eigenvalue weighted by Crippen LogP contribution is 2.28. The molecule has 2 aromatic carbocycles. The van der Waals surface area contributed by atoms with Gasteiger partial charge in [-0.15, -0.1) is 0 Å². The lowest BCUT2D eigenvalue weighted by molar-refractivity contribution is 0.0574. The van der Waals surface area contributed by atoms with Crippen LogP contribution in [0.5, 0.6) is 0 Å². The maximum Gasteiger partial charge on any atom is 0.261 e. The number of halogens is 1. The van der Waals surface area contributed by atoms with E-state index in [9.17, 15) is 14.4 Å². The molecule has 0 saturated carbocycles. The topological polar surface area (TPSA) is 57.7 Å². The van der Waals surface area contributed by atoms with Gasteiger partial charge in [0.2, 0.25) is 0 Å². The lowest BCUT2D eigenvalue weighted by Crippen LogP contribution is -2.42. The first-order valence-electron chi connectivity index (χ1n) is 8.08. The molecule has 0 spiro atoms. The second-order valence-corrected chi connectivity index (χ2v) is 7.15. The Morgan fingerprint density at radius 1 is 1.00 bits per heavy atom. The third-order valence-electron chi connectivity index (χ3n) is 4.71. The van der Waals surface area contributed by atoms with Gasteiger partial charge in [-0.25, -0.2) is 0 Å². The molecule has 0 bridgehead atoms. The number of likely N-dealkylation sites (tertiary alicyclic amines) is 1. The average Bonchev–Trinajstić information content (AvgIpc) is 3.19. The van der Waals surface area contributed by atoms with Crippen molar-refractivity contribution >= 4 is 33.7 Å². The lowest BCUT2D eigenvalue weighted by atomic mass is 10.1. The van der Waals surface area contributed by atoms with Crippen LogP contribution in [0, 0.1) is 0 Å². The summed E-state index contributed by atoms with van der Waals surface area (Å²) in [4.78, 5) is 40.8. The van der Waals surface area contributed by atoms with Crippen LogP contribution in [-0.4, -0.2) is 46.7 Å². The second kappa shape index (κ2) is 6.11. The summed E-state index contributed by atoms with van der Waals surface area (Å²) < 4.78 is 0.842. The largest absolute Gasteiger partial charge is 0.336 e. The monoisotopic (exact) mass is 398 g/mol. The van der Waals surface area contributed by atoms with Crippen LogP contribution in [0.25, 0.3) is 0 Å². The molecule has 1 fully saturated rings. The molecule has 6 heteroatoms. The smallest absolute Gasteiger partial charge is 0.261 e. The number of rotatable bonds is 2. The summed E-state index contributed by atoms with van der Waals surface area (Å²) in [6, 6.07) is 13.8. The van der Waals surface area contributed by atoms with Crippen molar-refractivity contribution < 1.29 is 14.4 Å². The van der Waals surface area contributed by atoms with Crippen molar-refractivity contribution in [1.29, 1.82) is 0 Å². The Labute approximate surface area is 153 Å². The fourth-order valence-electron chi connectivity index (χ4n) is 3.48. The van der Waals surface area contributed by atoms with E-state index in [-0.39, 0.29) is 23.8 Å². The molecule has 0 aromatic heterocycles. The Bertz CT molecular complexity index is 861. The van der Waals surface area contributed by atoms with Gasteiger partial charge in [0.05, 0.1) is 17.2 Å². The van der Waals surface area contributed by atoms with Gasteiger partial charge in [0.25, 0.3) is 17.7 Å². The van der Waals surface area contributed by atoms with Crippen molar-refractivity contribution in [3.05, 3.63) is 69.7 Å². The van der Waals surface area contributed by atoms with Crippen LogP contribution in [0.15, 0.2) is 53.0 Å². The molecule has 2 heterocycles. The van der Waals surface area contributed by atoms with Gasteiger partial charge in [-0.3, -0.25) is 19.3 Å². The van der Waals surface area contributed by atoms with Gasteiger partial charge in [-0.2, -0.15) is 0 Å². The number of hydrogen-bond acceptors (Lipinski definition) is 3. The highest BCUT2D eigenvalue weighted by Gasteiger charge is 2.42. The Balaban J connectivity index is 1.53. The number of benzene rings is 2. The highest BCUT2D eigenvalue weighted by atomic mass is 79.9. The van der Waals surface area contributed by atoms with Gasteiger partial charge >= 0.3 is 0 Å². The fraction of sp³-hybridized carbons (Fsp3) is 0.211. The lowest BCUT2D eigenvalue weighted by Gasteiger charge is -2.22. The van der Waals surface area contributed by atoms with Crippen molar-refractivity contribution in [3.63, 3.8) is 0 Å². The number of amides is 3. The number of carbonyl (C=O) groups is 3. The van der Waals surface area contributed by atoms with Crippen LogP contribution in [0.1, 0.15) is 37.5 Å². The SMILES string of the molecule is O=C(c1cccc(Br)c1)N1CCC(N2C(=O)c3ccccc3C2=O)C1. The zero-order valence-electron chi connectivity index (χ0n) is 13.3. The van der Waals surface area contributed by atoms with Crippen molar-refractivity contribution in [1.82, 2.24) is 9.80 Å². The zero-order chi connectivity index (χ0) is 17.6. The van der Waals surface area contributed by atoms with Gasteiger partial charge in [0.1, 0.15) is 0 Å². The van der Waals surface area contributed by atoms with Crippen LogP contribution < -0.4 is 0 Å². The minimum atomic E-state index is -0.275. The summed E-state index contributed by atoms with van der Waals surface area (Å²) >= 11 is 3.37. The van der Waals surface area contributed by atoms with Crippen LogP contribution in [0.4, 0.5) is 0 Å². The van der Waals surface area contributed by atoms with E-state index in [1.54, 1.807) is 41.3 Å². The predicted molar refractivity (Wildman–Crippen MR) is 95.4 cm³/mol. The van der Waals surface area contributed by atoms with E-state index in [2.05, 4.69) is 15.9 Å². The van der Waals surface area contributed by atoms with Crippen molar-refractivity contribution in [2.45, 2.75) is 12.5 Å². The van der Waals surface area contributed by atoms with Gasteiger partial charge < -0.3 is 4.90 Å². The van der Waals surface area contributed by atoms with E-state index in [1.807, 2.05) is 12.1 Å². The quantitative estimate of drug-likeness (QED) is 0.730. The Hall–Kier alpha value is -2.47. The van der Waals surface area contributed by atoms with E-state index < -0.39 is 0 Å². The molecule has 1 saturated heterocycles. The molecule has 4 rings (SSSR count). The molecule has 126 valence electrons. The number of fused-ring (bicyclic) bond motifs is 1. The van der Waals surface area contributed by atoms with Gasteiger partial charge in [0.15, 0.2) is 0 Å². The number of nitrogens with zero attached hydrogens (tertiary/aromatic N) is 2. The number of carbonyl (C=O) groups excluding carboxylic acids is 3. The van der Waals surface area contributed by atoms with E-state index in [0.717, 1.165) is 4.47 Å². The van der Waals surface area contributed by atoms with E-state index in [4.69, 9.17) is 0 Å². The first kappa shape index (κ1) is 16.0. The van der Waals surface area contributed by atoms with Gasteiger partial charge in [-0.1, -0.05) is 34.1 Å². The Kier molecular flexibility index (Phi) is 3.92. The molecule has 1 atom stereocenters. The molecule has 0 radical (unpaired) electrons. The maximum absolute atomic E-state index is 12.7. The fourth-order valence-corrected chi connectivity index (χ4v) is 3.88. The molecule has 2 aliphatic heterocycles. The summed E-state index contributed by atoms with van der Waals surface area (Å²) in [6.07, 6.45) is 0.602. The van der Waals surface area contributed by atoms with Crippen LogP contribution in [0.2, 0.25) is 0 Å². The summed E-state index contributed by atoms with van der Waals surface area (Å²) in [5, 5.41) is 0. The molecule has 0 aliphatic carbocycles. The van der Waals surface area contributed by atoms with Crippen molar-refractivity contribution in [2.75, 3.05) is 13.1 Å². The first-order chi connectivity index (χ1) is 12.1. The van der Waals surface area contributed by atoms with Gasteiger partial charge in [-0.05, 0) is 36.8 Å². The number of imide groups is 1. The van der Waals surface area contributed by atoms with Crippen LogP contribution in [-0.2, 0) is 0 Å². The molecule has 2 aliphatic rings. The molecular formula is C19H15BrN2O3. The summed E-state index contributed by atoms with van der Waals surface area (Å²) in [7, 11) is 0. The normalized spacial score (nSPS) is 19.5. The van der Waals surface area contributed by atoms with Crippen molar-refractivity contribution in [2.24, 2.45) is 0 Å². The van der Waals surface area contributed by atoms with Crippen molar-refractivity contribution in [3.8, 4) is 0 Å². The summed E-state index contributed by atoms with van der Waals surface area (Å²) in [5.41, 5.74) is 1.49. The Morgan fingerprint density at radius 3 is 2.32 bits per heavy atom. The summed E-state index contributed by atoms with van der Waals surface area (Å²) in [5.74, 6) is -0.606. The number of hydrogen-bond donors (Lipinski definition) is 0. The average molecular weight is 399 g/mol. The minimum Gasteiger partial charge on any atom is -0.336 e. The minimum absolute atomic E-state index is 0.0830.